The summed E-state index contributed by atoms with van der Waals surface area (Å²) in [6, 6.07) is -0.0881. The summed E-state index contributed by atoms with van der Waals surface area (Å²) in [6.45, 7) is 9.54. The highest BCUT2D eigenvalue weighted by molar-refractivity contribution is 5.68. The van der Waals surface area contributed by atoms with Crippen LogP contribution in [0.5, 0.6) is 0 Å². The number of hydrogen-bond donors (Lipinski definition) is 1. The number of carbonyl (C=O) groups excluding carboxylic acids is 1. The van der Waals surface area contributed by atoms with Crippen molar-refractivity contribution in [1.82, 2.24) is 5.32 Å². The van der Waals surface area contributed by atoms with Gasteiger partial charge in [0.05, 0.1) is 0 Å². The minimum absolute atomic E-state index is 0.0881. The monoisotopic (exact) mass is 185 g/mol. The van der Waals surface area contributed by atoms with Crippen molar-refractivity contribution < 1.29 is 14.3 Å². The smallest absolute Gasteiger partial charge is 0.408 e. The predicted molar refractivity (Wildman–Crippen MR) is 48.2 cm³/mol. The van der Waals surface area contributed by atoms with Crippen LogP contribution in [0.2, 0.25) is 0 Å². The molecule has 0 saturated carbocycles. The zero-order chi connectivity index (χ0) is 10.1. The largest absolute Gasteiger partial charge is 0.494 e. The summed E-state index contributed by atoms with van der Waals surface area (Å²) in [5, 5.41) is 2.64. The van der Waals surface area contributed by atoms with Crippen molar-refractivity contribution in [2.75, 3.05) is 6.61 Å². The summed E-state index contributed by atoms with van der Waals surface area (Å²) >= 11 is 0. The second-order valence-corrected chi connectivity index (χ2v) is 3.98. The molecule has 0 aromatic carbocycles. The van der Waals surface area contributed by atoms with Gasteiger partial charge in [-0.3, -0.25) is 0 Å². The van der Waals surface area contributed by atoms with E-state index in [0.717, 1.165) is 0 Å². The van der Waals surface area contributed by atoms with Crippen molar-refractivity contribution in [3.05, 3.63) is 12.3 Å². The summed E-state index contributed by atoms with van der Waals surface area (Å²) in [4.78, 5) is 11.2. The fourth-order valence-corrected chi connectivity index (χ4v) is 0.856. The third-order valence-corrected chi connectivity index (χ3v) is 1.52. The van der Waals surface area contributed by atoms with Crippen LogP contribution in [0.1, 0.15) is 20.8 Å². The molecule has 1 atom stereocenters. The topological polar surface area (TPSA) is 47.6 Å². The lowest BCUT2D eigenvalue weighted by atomic mass is 10.2. The first-order chi connectivity index (χ1) is 5.88. The van der Waals surface area contributed by atoms with Crippen molar-refractivity contribution in [1.29, 1.82) is 0 Å². The van der Waals surface area contributed by atoms with Crippen LogP contribution in [0.25, 0.3) is 0 Å². The predicted octanol–water partition coefficient (Wildman–Crippen LogP) is 1.42. The number of alkyl carbamates (subject to hydrolysis) is 1. The van der Waals surface area contributed by atoms with Gasteiger partial charge in [0.2, 0.25) is 0 Å². The van der Waals surface area contributed by atoms with Gasteiger partial charge in [0.15, 0.2) is 0 Å². The number of ether oxygens (including phenoxy) is 2. The minimum Gasteiger partial charge on any atom is -0.494 e. The lowest BCUT2D eigenvalue weighted by Crippen LogP contribution is -2.48. The van der Waals surface area contributed by atoms with E-state index in [2.05, 4.69) is 11.9 Å². The zero-order valence-electron chi connectivity index (χ0n) is 8.22. The van der Waals surface area contributed by atoms with Crippen molar-refractivity contribution in [3.63, 3.8) is 0 Å². The Hall–Kier alpha value is -1.19. The molecule has 1 heterocycles. The van der Waals surface area contributed by atoms with Gasteiger partial charge >= 0.3 is 6.09 Å². The van der Waals surface area contributed by atoms with Crippen LogP contribution in [0, 0.1) is 0 Å². The number of nitrogens with one attached hydrogen (secondary N) is 1. The van der Waals surface area contributed by atoms with Gasteiger partial charge in [-0.15, -0.1) is 0 Å². The molecule has 0 unspecified atom stereocenters. The van der Waals surface area contributed by atoms with E-state index in [0.29, 0.717) is 12.4 Å². The Morgan fingerprint density at radius 1 is 1.69 bits per heavy atom. The Morgan fingerprint density at radius 2 is 2.31 bits per heavy atom. The van der Waals surface area contributed by atoms with Gasteiger partial charge in [-0.05, 0) is 20.8 Å². The van der Waals surface area contributed by atoms with Crippen molar-refractivity contribution >= 4 is 6.09 Å². The third kappa shape index (κ3) is 2.97. The van der Waals surface area contributed by atoms with Gasteiger partial charge in [0.1, 0.15) is 24.0 Å². The van der Waals surface area contributed by atoms with Crippen molar-refractivity contribution in [2.45, 2.75) is 32.4 Å². The van der Waals surface area contributed by atoms with Gasteiger partial charge in [-0.1, -0.05) is 6.58 Å². The molecule has 4 nitrogen and oxygen atoms in total. The molecule has 1 rings (SSSR count). The molecule has 74 valence electrons. The van der Waals surface area contributed by atoms with E-state index >= 15 is 0 Å². The van der Waals surface area contributed by atoms with Gasteiger partial charge in [-0.2, -0.15) is 0 Å². The zero-order valence-corrected chi connectivity index (χ0v) is 8.22. The maximum Gasteiger partial charge on any atom is 0.408 e. The molecular formula is C9H15NO3. The summed E-state index contributed by atoms with van der Waals surface area (Å²) in [6.07, 6.45) is -0.429. The van der Waals surface area contributed by atoms with Crippen LogP contribution >= 0.6 is 0 Å². The molecule has 1 N–H and O–H groups in total. The molecule has 0 bridgehead atoms. The van der Waals surface area contributed by atoms with E-state index < -0.39 is 11.7 Å². The minimum atomic E-state index is -0.462. The van der Waals surface area contributed by atoms with Crippen LogP contribution in [-0.2, 0) is 9.47 Å². The van der Waals surface area contributed by atoms with E-state index in [-0.39, 0.29) is 6.04 Å². The highest BCUT2D eigenvalue weighted by Gasteiger charge is 2.28. The second-order valence-electron chi connectivity index (χ2n) is 3.98. The van der Waals surface area contributed by atoms with Crippen LogP contribution in [0.3, 0.4) is 0 Å². The average Bonchev–Trinajstić information content (AvgIpc) is 1.94. The van der Waals surface area contributed by atoms with Gasteiger partial charge in [0.25, 0.3) is 0 Å². The van der Waals surface area contributed by atoms with Crippen LogP contribution in [0.15, 0.2) is 12.3 Å². The highest BCUT2D eigenvalue weighted by atomic mass is 16.6. The number of rotatable bonds is 1. The number of carbonyl (C=O) groups is 1. The lowest BCUT2D eigenvalue weighted by Gasteiger charge is -2.31. The molecule has 1 aliphatic heterocycles. The van der Waals surface area contributed by atoms with E-state index in [9.17, 15) is 4.79 Å². The van der Waals surface area contributed by atoms with Gasteiger partial charge in [-0.25, -0.2) is 4.79 Å². The standard InChI is InChI=1S/C9H15NO3/c1-6-7(5-12-6)10-8(11)13-9(2,3)4/h7H,1,5H2,2-4H3,(H,10,11)/t7-/m0/s1. The molecule has 0 spiro atoms. The first kappa shape index (κ1) is 9.89. The van der Waals surface area contributed by atoms with E-state index in [1.807, 2.05) is 20.8 Å². The lowest BCUT2D eigenvalue weighted by molar-refractivity contribution is 0.0310. The highest BCUT2D eigenvalue weighted by Crippen LogP contribution is 2.15. The molecule has 0 aromatic heterocycles. The van der Waals surface area contributed by atoms with Crippen molar-refractivity contribution in [3.8, 4) is 0 Å². The molecule has 0 aromatic rings. The summed E-state index contributed by atoms with van der Waals surface area (Å²) in [7, 11) is 0. The van der Waals surface area contributed by atoms with Gasteiger partial charge in [0, 0.05) is 0 Å². The SMILES string of the molecule is C=C1OC[C@@H]1NC(=O)OC(C)(C)C. The average molecular weight is 185 g/mol. The van der Waals surface area contributed by atoms with Crippen molar-refractivity contribution in [2.24, 2.45) is 0 Å². The first-order valence-electron chi connectivity index (χ1n) is 4.19. The molecule has 1 saturated heterocycles. The molecular weight excluding hydrogens is 170 g/mol. The third-order valence-electron chi connectivity index (χ3n) is 1.52. The molecule has 1 aliphatic rings. The number of amides is 1. The molecule has 4 heteroatoms. The fourth-order valence-electron chi connectivity index (χ4n) is 0.856. The Bertz CT molecular complexity index is 230. The van der Waals surface area contributed by atoms with E-state index in [1.165, 1.54) is 0 Å². The second kappa shape index (κ2) is 3.28. The van der Waals surface area contributed by atoms with Crippen LogP contribution < -0.4 is 5.32 Å². The Kier molecular flexibility index (Phi) is 2.50. The maximum atomic E-state index is 11.2. The molecule has 13 heavy (non-hydrogen) atoms. The maximum absolute atomic E-state index is 11.2. The molecule has 0 aliphatic carbocycles. The summed E-state index contributed by atoms with van der Waals surface area (Å²) < 4.78 is 9.96. The molecule has 1 amide bonds. The normalized spacial score (nSPS) is 21.5. The van der Waals surface area contributed by atoms with E-state index in [4.69, 9.17) is 9.47 Å². The number of hydrogen-bond acceptors (Lipinski definition) is 3. The van der Waals surface area contributed by atoms with Crippen LogP contribution in [-0.4, -0.2) is 24.3 Å². The summed E-state index contributed by atoms with van der Waals surface area (Å²) in [5.41, 5.74) is -0.462. The summed E-state index contributed by atoms with van der Waals surface area (Å²) in [5.74, 6) is 0.589. The fraction of sp³-hybridized carbons (Fsp3) is 0.667. The van der Waals surface area contributed by atoms with Crippen LogP contribution in [0.4, 0.5) is 4.79 Å². The van der Waals surface area contributed by atoms with E-state index in [1.54, 1.807) is 0 Å². The molecule has 1 fully saturated rings. The quantitative estimate of drug-likeness (QED) is 0.672. The first-order valence-corrected chi connectivity index (χ1v) is 4.19. The molecule has 0 radical (unpaired) electrons. The Morgan fingerprint density at radius 3 is 2.62 bits per heavy atom. The Labute approximate surface area is 77.9 Å². The van der Waals surface area contributed by atoms with Gasteiger partial charge < -0.3 is 14.8 Å². The Balaban J connectivity index is 2.29.